The predicted octanol–water partition coefficient (Wildman–Crippen LogP) is 0.592. The summed E-state index contributed by atoms with van der Waals surface area (Å²) < 4.78 is 10.8. The maximum Gasteiger partial charge on any atom is 0.250 e. The van der Waals surface area contributed by atoms with Crippen molar-refractivity contribution in [1.29, 1.82) is 0 Å². The zero-order valence-corrected chi connectivity index (χ0v) is 11.4. The molecule has 0 saturated carbocycles. The molecule has 19 heavy (non-hydrogen) atoms. The van der Waals surface area contributed by atoms with Crippen molar-refractivity contribution in [1.82, 2.24) is 10.6 Å². The van der Waals surface area contributed by atoms with Crippen LogP contribution in [-0.2, 0) is 9.53 Å². The molecule has 1 saturated heterocycles. The van der Waals surface area contributed by atoms with E-state index >= 15 is 0 Å². The van der Waals surface area contributed by atoms with Gasteiger partial charge in [-0.1, -0.05) is 18.2 Å². The van der Waals surface area contributed by atoms with Crippen LogP contribution in [0.25, 0.3) is 0 Å². The number of halogens is 1. The van der Waals surface area contributed by atoms with Crippen LogP contribution in [0, 0.1) is 0 Å². The summed E-state index contributed by atoms with van der Waals surface area (Å²) in [6, 6.07) is 9.53. The highest BCUT2D eigenvalue weighted by Crippen LogP contribution is 2.07. The molecule has 0 aliphatic carbocycles. The van der Waals surface area contributed by atoms with Gasteiger partial charge in [0.15, 0.2) is 0 Å². The Morgan fingerprint density at radius 2 is 2.21 bits per heavy atom. The van der Waals surface area contributed by atoms with Crippen LogP contribution in [0.1, 0.15) is 0 Å². The summed E-state index contributed by atoms with van der Waals surface area (Å²) >= 11 is 0. The number of carbonyl (C=O) groups excluding carboxylic acids is 1. The third-order valence-electron chi connectivity index (χ3n) is 2.63. The van der Waals surface area contributed by atoms with E-state index in [1.807, 2.05) is 30.3 Å². The Balaban J connectivity index is 0.00000180. The van der Waals surface area contributed by atoms with E-state index in [0.717, 1.165) is 12.3 Å². The number of hydrogen-bond donors (Lipinski definition) is 2. The van der Waals surface area contributed by atoms with E-state index in [0.29, 0.717) is 26.3 Å². The van der Waals surface area contributed by atoms with Gasteiger partial charge < -0.3 is 20.1 Å². The normalized spacial score (nSPS) is 18.2. The average molecular weight is 287 g/mol. The van der Waals surface area contributed by atoms with Crippen molar-refractivity contribution in [3.63, 3.8) is 0 Å². The number of nitrogens with one attached hydrogen (secondary N) is 2. The fraction of sp³-hybridized carbons (Fsp3) is 0.462. The lowest BCUT2D eigenvalue weighted by Gasteiger charge is -2.22. The number of hydrogen-bond acceptors (Lipinski definition) is 4. The van der Waals surface area contributed by atoms with Gasteiger partial charge in [-0.2, -0.15) is 0 Å². The summed E-state index contributed by atoms with van der Waals surface area (Å²) in [5.41, 5.74) is 0. The molecule has 5 nitrogen and oxygen atoms in total. The molecule has 6 heteroatoms. The van der Waals surface area contributed by atoms with E-state index in [1.165, 1.54) is 0 Å². The van der Waals surface area contributed by atoms with Crippen LogP contribution >= 0.6 is 12.4 Å². The molecule has 1 aromatic carbocycles. The van der Waals surface area contributed by atoms with Gasteiger partial charge in [-0.25, -0.2) is 0 Å². The second-order valence-electron chi connectivity index (χ2n) is 4.02. The Morgan fingerprint density at radius 3 is 2.89 bits per heavy atom. The molecule has 1 atom stereocenters. The van der Waals surface area contributed by atoms with Gasteiger partial charge >= 0.3 is 0 Å². The van der Waals surface area contributed by atoms with Crippen molar-refractivity contribution in [2.75, 3.05) is 32.8 Å². The fourth-order valence-corrected chi connectivity index (χ4v) is 1.71. The summed E-state index contributed by atoms with van der Waals surface area (Å²) in [6.07, 6.45) is -0.379. The number of rotatable bonds is 5. The van der Waals surface area contributed by atoms with E-state index in [1.54, 1.807) is 0 Å². The van der Waals surface area contributed by atoms with Gasteiger partial charge in [0.1, 0.15) is 18.5 Å². The Morgan fingerprint density at radius 1 is 1.42 bits per heavy atom. The molecule has 0 aromatic heterocycles. The molecule has 1 amide bonds. The van der Waals surface area contributed by atoms with Crippen LogP contribution in [0.5, 0.6) is 5.75 Å². The molecule has 1 aliphatic rings. The number of morpholine rings is 1. The van der Waals surface area contributed by atoms with Crippen LogP contribution < -0.4 is 15.4 Å². The molecule has 1 aliphatic heterocycles. The maximum atomic E-state index is 11.7. The summed E-state index contributed by atoms with van der Waals surface area (Å²) in [6.45, 7) is 2.90. The first kappa shape index (κ1) is 15.8. The minimum Gasteiger partial charge on any atom is -0.492 e. The van der Waals surface area contributed by atoms with Gasteiger partial charge in [-0.05, 0) is 12.1 Å². The molecule has 106 valence electrons. The zero-order valence-electron chi connectivity index (χ0n) is 10.6. The predicted molar refractivity (Wildman–Crippen MR) is 74.8 cm³/mol. The summed E-state index contributed by atoms with van der Waals surface area (Å²) in [5, 5.41) is 5.91. The Kier molecular flexibility index (Phi) is 7.25. The molecule has 0 bridgehead atoms. The standard InChI is InChI=1S/C13H18N2O3.ClH/c16-13(12-10-14-6-8-18-12)15-7-9-17-11-4-2-1-3-5-11;/h1-5,12,14H,6-10H2,(H,15,16);1H. The van der Waals surface area contributed by atoms with Crippen molar-refractivity contribution < 1.29 is 14.3 Å². The fourth-order valence-electron chi connectivity index (χ4n) is 1.71. The van der Waals surface area contributed by atoms with Gasteiger partial charge in [0, 0.05) is 13.1 Å². The van der Waals surface area contributed by atoms with E-state index in [4.69, 9.17) is 9.47 Å². The minimum atomic E-state index is -0.379. The van der Waals surface area contributed by atoms with Crippen molar-refractivity contribution in [3.8, 4) is 5.75 Å². The third kappa shape index (κ3) is 5.46. The minimum absolute atomic E-state index is 0. The molecule has 2 rings (SSSR count). The smallest absolute Gasteiger partial charge is 0.250 e. The SMILES string of the molecule is Cl.O=C(NCCOc1ccccc1)C1CNCCO1. The lowest BCUT2D eigenvalue weighted by atomic mass is 10.3. The molecule has 1 aromatic rings. The largest absolute Gasteiger partial charge is 0.492 e. The lowest BCUT2D eigenvalue weighted by Crippen LogP contribution is -2.48. The molecule has 0 spiro atoms. The van der Waals surface area contributed by atoms with Crippen molar-refractivity contribution in [3.05, 3.63) is 30.3 Å². The number of ether oxygens (including phenoxy) is 2. The number of para-hydroxylation sites is 1. The molecular weight excluding hydrogens is 268 g/mol. The van der Waals surface area contributed by atoms with Gasteiger partial charge in [-0.3, -0.25) is 4.79 Å². The number of amides is 1. The first-order chi connectivity index (χ1) is 8.86. The molecule has 1 heterocycles. The van der Waals surface area contributed by atoms with Crippen molar-refractivity contribution in [2.45, 2.75) is 6.10 Å². The number of benzene rings is 1. The first-order valence-corrected chi connectivity index (χ1v) is 6.14. The van der Waals surface area contributed by atoms with E-state index < -0.39 is 0 Å². The Labute approximate surface area is 119 Å². The molecule has 2 N–H and O–H groups in total. The van der Waals surface area contributed by atoms with Crippen LogP contribution in [0.4, 0.5) is 0 Å². The Bertz CT molecular complexity index is 369. The zero-order chi connectivity index (χ0) is 12.6. The summed E-state index contributed by atoms with van der Waals surface area (Å²) in [5.74, 6) is 0.723. The Hall–Kier alpha value is -1.30. The average Bonchev–Trinajstić information content (AvgIpc) is 2.45. The van der Waals surface area contributed by atoms with Crippen LogP contribution in [0.2, 0.25) is 0 Å². The molecule has 1 fully saturated rings. The first-order valence-electron chi connectivity index (χ1n) is 6.14. The van der Waals surface area contributed by atoms with Gasteiger partial charge in [0.25, 0.3) is 5.91 Å². The van der Waals surface area contributed by atoms with Crippen LogP contribution in [0.3, 0.4) is 0 Å². The van der Waals surface area contributed by atoms with E-state index in [9.17, 15) is 4.79 Å². The maximum absolute atomic E-state index is 11.7. The molecule has 0 radical (unpaired) electrons. The lowest BCUT2D eigenvalue weighted by molar-refractivity contribution is -0.134. The third-order valence-corrected chi connectivity index (χ3v) is 2.63. The van der Waals surface area contributed by atoms with Gasteiger partial charge in [0.2, 0.25) is 0 Å². The van der Waals surface area contributed by atoms with E-state index in [2.05, 4.69) is 10.6 Å². The molecular formula is C13H19ClN2O3. The highest BCUT2D eigenvalue weighted by molar-refractivity contribution is 5.85. The second kappa shape index (κ2) is 8.74. The van der Waals surface area contributed by atoms with Gasteiger partial charge in [0.05, 0.1) is 13.2 Å². The highest BCUT2D eigenvalue weighted by Gasteiger charge is 2.20. The summed E-state index contributed by atoms with van der Waals surface area (Å²) in [4.78, 5) is 11.7. The second-order valence-corrected chi connectivity index (χ2v) is 4.02. The number of carbonyl (C=O) groups is 1. The van der Waals surface area contributed by atoms with Gasteiger partial charge in [-0.15, -0.1) is 12.4 Å². The topological polar surface area (TPSA) is 59.6 Å². The van der Waals surface area contributed by atoms with E-state index in [-0.39, 0.29) is 24.4 Å². The molecule has 1 unspecified atom stereocenters. The van der Waals surface area contributed by atoms with Crippen LogP contribution in [0.15, 0.2) is 30.3 Å². The summed E-state index contributed by atoms with van der Waals surface area (Å²) in [7, 11) is 0. The quantitative estimate of drug-likeness (QED) is 0.778. The monoisotopic (exact) mass is 286 g/mol. The van der Waals surface area contributed by atoms with Crippen molar-refractivity contribution >= 4 is 18.3 Å². The van der Waals surface area contributed by atoms with Crippen molar-refractivity contribution in [2.24, 2.45) is 0 Å². The van der Waals surface area contributed by atoms with Crippen LogP contribution in [-0.4, -0.2) is 44.9 Å². The highest BCUT2D eigenvalue weighted by atomic mass is 35.5.